The molecule has 5 heteroatoms. The topological polar surface area (TPSA) is 55.4 Å². The van der Waals surface area contributed by atoms with Gasteiger partial charge in [-0.25, -0.2) is 8.42 Å². The van der Waals surface area contributed by atoms with Crippen molar-refractivity contribution in [3.8, 4) is 0 Å². The first-order valence-electron chi connectivity index (χ1n) is 4.25. The Kier molecular flexibility index (Phi) is 3.49. The average molecular weight is 193 g/mol. The highest BCUT2D eigenvalue weighted by atomic mass is 32.2. The first-order valence-corrected chi connectivity index (χ1v) is 5.91. The predicted octanol–water partition coefficient (Wildman–Crippen LogP) is 0.452. The Labute approximate surface area is 73.3 Å². The molecule has 0 amide bonds. The monoisotopic (exact) mass is 193 g/mol. The Bertz CT molecular complexity index is 219. The number of ether oxygens (including phenoxy) is 1. The predicted molar refractivity (Wildman–Crippen MR) is 46.2 cm³/mol. The summed E-state index contributed by atoms with van der Waals surface area (Å²) < 4.78 is 29.9. The molecule has 0 aliphatic carbocycles. The van der Waals surface area contributed by atoms with Crippen LogP contribution in [0.2, 0.25) is 0 Å². The summed E-state index contributed by atoms with van der Waals surface area (Å²) in [6.45, 7) is 2.28. The van der Waals surface area contributed by atoms with E-state index in [9.17, 15) is 8.42 Å². The van der Waals surface area contributed by atoms with Gasteiger partial charge in [0.05, 0.1) is 5.75 Å². The lowest BCUT2D eigenvalue weighted by Crippen LogP contribution is -2.39. The maximum absolute atomic E-state index is 11.1. The van der Waals surface area contributed by atoms with Gasteiger partial charge in [-0.15, -0.1) is 0 Å². The first kappa shape index (κ1) is 9.95. The van der Waals surface area contributed by atoms with Crippen molar-refractivity contribution < 1.29 is 13.2 Å². The molecule has 1 N–H and O–H groups in total. The minimum atomic E-state index is -3.09. The third kappa shape index (κ3) is 3.08. The zero-order chi connectivity index (χ0) is 9.03. The molecule has 0 aromatic rings. The molecule has 0 spiro atoms. The lowest BCUT2D eigenvalue weighted by Gasteiger charge is -2.22. The molecular formula is C7H15NO3S. The summed E-state index contributed by atoms with van der Waals surface area (Å²) in [5, 5.41) is 0. The van der Waals surface area contributed by atoms with E-state index >= 15 is 0 Å². The minimum absolute atomic E-state index is 0.118. The van der Waals surface area contributed by atoms with Gasteiger partial charge in [0, 0.05) is 6.61 Å². The SMILES string of the molecule is CCS(=O)(=O)NC1CCCCO1. The Morgan fingerprint density at radius 3 is 2.75 bits per heavy atom. The van der Waals surface area contributed by atoms with Crippen LogP contribution < -0.4 is 4.72 Å². The van der Waals surface area contributed by atoms with Gasteiger partial charge >= 0.3 is 0 Å². The van der Waals surface area contributed by atoms with E-state index in [0.29, 0.717) is 6.61 Å². The van der Waals surface area contributed by atoms with E-state index in [4.69, 9.17) is 4.74 Å². The van der Waals surface area contributed by atoms with Gasteiger partial charge in [0.2, 0.25) is 10.0 Å². The fourth-order valence-corrected chi connectivity index (χ4v) is 1.87. The van der Waals surface area contributed by atoms with E-state index in [1.807, 2.05) is 0 Å². The summed E-state index contributed by atoms with van der Waals surface area (Å²) in [5.41, 5.74) is 0. The second-order valence-corrected chi connectivity index (χ2v) is 4.92. The van der Waals surface area contributed by atoms with Crippen LogP contribution in [-0.2, 0) is 14.8 Å². The summed E-state index contributed by atoms with van der Waals surface area (Å²) in [5.74, 6) is 0.118. The van der Waals surface area contributed by atoms with E-state index in [1.54, 1.807) is 6.92 Å². The van der Waals surface area contributed by atoms with Crippen molar-refractivity contribution >= 4 is 10.0 Å². The van der Waals surface area contributed by atoms with Gasteiger partial charge in [0.25, 0.3) is 0 Å². The average Bonchev–Trinajstić information content (AvgIpc) is 2.06. The van der Waals surface area contributed by atoms with Gasteiger partial charge in [0.15, 0.2) is 0 Å². The van der Waals surface area contributed by atoms with E-state index in [2.05, 4.69) is 4.72 Å². The quantitative estimate of drug-likeness (QED) is 0.708. The highest BCUT2D eigenvalue weighted by Gasteiger charge is 2.18. The molecule has 1 atom stereocenters. The molecule has 1 fully saturated rings. The number of sulfonamides is 1. The molecule has 0 saturated carbocycles. The molecule has 1 rings (SSSR count). The van der Waals surface area contributed by atoms with Gasteiger partial charge in [0.1, 0.15) is 6.23 Å². The van der Waals surface area contributed by atoms with Crippen LogP contribution in [0.3, 0.4) is 0 Å². The second-order valence-electron chi connectivity index (χ2n) is 2.88. The molecule has 0 aromatic carbocycles. The zero-order valence-electron chi connectivity index (χ0n) is 7.25. The van der Waals surface area contributed by atoms with Gasteiger partial charge in [-0.2, -0.15) is 4.72 Å². The molecule has 12 heavy (non-hydrogen) atoms. The van der Waals surface area contributed by atoms with Crippen LogP contribution in [-0.4, -0.2) is 27.0 Å². The van der Waals surface area contributed by atoms with Crippen LogP contribution in [0.1, 0.15) is 26.2 Å². The second kappa shape index (κ2) is 4.20. The van der Waals surface area contributed by atoms with Gasteiger partial charge in [-0.05, 0) is 26.2 Å². The third-order valence-electron chi connectivity index (χ3n) is 1.87. The summed E-state index contributed by atoms with van der Waals surface area (Å²) in [6.07, 6.45) is 2.57. The maximum atomic E-state index is 11.1. The summed E-state index contributed by atoms with van der Waals surface area (Å²) in [4.78, 5) is 0. The lowest BCUT2D eigenvalue weighted by atomic mass is 10.2. The molecule has 0 radical (unpaired) electrons. The molecule has 1 unspecified atom stereocenters. The Morgan fingerprint density at radius 2 is 2.25 bits per heavy atom. The number of rotatable bonds is 3. The van der Waals surface area contributed by atoms with Gasteiger partial charge in [-0.3, -0.25) is 0 Å². The molecule has 1 aliphatic rings. The third-order valence-corrected chi connectivity index (χ3v) is 3.25. The van der Waals surface area contributed by atoms with Crippen LogP contribution in [0.15, 0.2) is 0 Å². The van der Waals surface area contributed by atoms with Crippen molar-refractivity contribution in [1.82, 2.24) is 4.72 Å². The molecule has 0 aromatic heterocycles. The zero-order valence-corrected chi connectivity index (χ0v) is 8.06. The maximum Gasteiger partial charge on any atom is 0.213 e. The fraction of sp³-hybridized carbons (Fsp3) is 1.00. The summed E-state index contributed by atoms with van der Waals surface area (Å²) >= 11 is 0. The highest BCUT2D eigenvalue weighted by molar-refractivity contribution is 7.89. The van der Waals surface area contributed by atoms with Crippen molar-refractivity contribution in [2.45, 2.75) is 32.4 Å². The molecule has 1 aliphatic heterocycles. The number of nitrogens with one attached hydrogen (secondary N) is 1. The standard InChI is InChI=1S/C7H15NO3S/c1-2-12(9,10)8-7-5-3-4-6-11-7/h7-8H,2-6H2,1H3. The van der Waals surface area contributed by atoms with Gasteiger partial charge in [-0.1, -0.05) is 0 Å². The molecule has 72 valence electrons. The number of hydrogen-bond acceptors (Lipinski definition) is 3. The van der Waals surface area contributed by atoms with Crippen LogP contribution >= 0.6 is 0 Å². The normalized spacial score (nSPS) is 25.6. The molecule has 1 saturated heterocycles. The minimum Gasteiger partial charge on any atom is -0.362 e. The van der Waals surface area contributed by atoms with Crippen molar-refractivity contribution in [2.75, 3.05) is 12.4 Å². The smallest absolute Gasteiger partial charge is 0.213 e. The Balaban J connectivity index is 2.39. The first-order chi connectivity index (χ1) is 5.64. The summed E-state index contributed by atoms with van der Waals surface area (Å²) in [7, 11) is -3.09. The van der Waals surface area contributed by atoms with Gasteiger partial charge < -0.3 is 4.74 Å². The van der Waals surface area contributed by atoms with Crippen LogP contribution in [0.4, 0.5) is 0 Å². The van der Waals surface area contributed by atoms with Crippen molar-refractivity contribution in [3.05, 3.63) is 0 Å². The van der Waals surface area contributed by atoms with E-state index in [1.165, 1.54) is 0 Å². The molecule has 4 nitrogen and oxygen atoms in total. The van der Waals surface area contributed by atoms with E-state index < -0.39 is 10.0 Å². The molecular weight excluding hydrogens is 178 g/mol. The number of hydrogen-bond donors (Lipinski definition) is 1. The van der Waals surface area contributed by atoms with Crippen molar-refractivity contribution in [1.29, 1.82) is 0 Å². The molecule has 1 heterocycles. The Hall–Kier alpha value is -0.130. The van der Waals surface area contributed by atoms with Crippen molar-refractivity contribution in [2.24, 2.45) is 0 Å². The lowest BCUT2D eigenvalue weighted by molar-refractivity contribution is 0.00958. The molecule has 0 bridgehead atoms. The Morgan fingerprint density at radius 1 is 1.50 bits per heavy atom. The largest absolute Gasteiger partial charge is 0.362 e. The van der Waals surface area contributed by atoms with Crippen LogP contribution in [0.25, 0.3) is 0 Å². The van der Waals surface area contributed by atoms with Crippen molar-refractivity contribution in [3.63, 3.8) is 0 Å². The summed E-state index contributed by atoms with van der Waals surface area (Å²) in [6, 6.07) is 0. The van der Waals surface area contributed by atoms with E-state index in [0.717, 1.165) is 19.3 Å². The fourth-order valence-electron chi connectivity index (χ4n) is 1.12. The van der Waals surface area contributed by atoms with Crippen LogP contribution in [0.5, 0.6) is 0 Å². The highest BCUT2D eigenvalue weighted by Crippen LogP contribution is 2.10. The van der Waals surface area contributed by atoms with E-state index in [-0.39, 0.29) is 12.0 Å². The van der Waals surface area contributed by atoms with Crippen LogP contribution in [0, 0.1) is 0 Å².